The van der Waals surface area contributed by atoms with Crippen LogP contribution in [0.2, 0.25) is 0 Å². The molecule has 1 saturated carbocycles. The number of fused-ring (bicyclic) bond motifs is 3. The number of aliphatic hydroxyl groups excluding tert-OH is 1. The Labute approximate surface area is 204 Å². The van der Waals surface area contributed by atoms with E-state index in [1.807, 2.05) is 43.5 Å². The van der Waals surface area contributed by atoms with E-state index in [0.29, 0.717) is 30.0 Å². The Hall–Kier alpha value is -3.80. The first-order valence-electron chi connectivity index (χ1n) is 12.1. The zero-order valence-corrected chi connectivity index (χ0v) is 19.9. The van der Waals surface area contributed by atoms with Gasteiger partial charge in [0.25, 0.3) is 0 Å². The van der Waals surface area contributed by atoms with E-state index in [9.17, 15) is 14.7 Å². The van der Waals surface area contributed by atoms with Crippen molar-refractivity contribution in [1.29, 1.82) is 0 Å². The summed E-state index contributed by atoms with van der Waals surface area (Å²) in [4.78, 5) is 34.8. The first-order chi connectivity index (χ1) is 17.0. The van der Waals surface area contributed by atoms with Crippen molar-refractivity contribution < 1.29 is 19.4 Å². The van der Waals surface area contributed by atoms with Crippen LogP contribution in [0.5, 0.6) is 0 Å². The van der Waals surface area contributed by atoms with Crippen molar-refractivity contribution in [3.05, 3.63) is 95.0 Å². The maximum atomic E-state index is 13.0. The van der Waals surface area contributed by atoms with Gasteiger partial charge in [-0.05, 0) is 55.4 Å². The molecule has 178 valence electrons. The molecule has 3 atom stereocenters. The van der Waals surface area contributed by atoms with Crippen molar-refractivity contribution in [2.45, 2.75) is 38.5 Å². The standard InChI is InChI=1S/C29H28N2O4/c1-3-35-28(34)20-11-9-19(10-12-20)27-30-16-21-13-14-24-18(2)25(33)22(17-32)15-29(24,26(21)31-27)23-7-5-4-6-8-23/h4-12,16-18,24,32H,3,13-15H2,1-2H3/b22-17-/t18-,24-,29+/m0/s1. The quantitative estimate of drug-likeness (QED) is 0.321. The minimum absolute atomic E-state index is 0.0105. The number of ether oxygens (including phenoxy) is 1. The van der Waals surface area contributed by atoms with Crippen molar-refractivity contribution in [3.63, 3.8) is 0 Å². The summed E-state index contributed by atoms with van der Waals surface area (Å²) >= 11 is 0. The summed E-state index contributed by atoms with van der Waals surface area (Å²) < 4.78 is 5.09. The van der Waals surface area contributed by atoms with E-state index >= 15 is 0 Å². The molecule has 1 fully saturated rings. The number of aliphatic hydroxyl groups is 1. The SMILES string of the molecule is CCOC(=O)c1ccc(-c2ncc3c(n2)[C@@]2(c4ccccc4)C/C(=C/O)C(=O)[C@@H](C)[C@@H]2CC3)cc1. The lowest BCUT2D eigenvalue weighted by Crippen LogP contribution is -2.51. The minimum Gasteiger partial charge on any atom is -0.515 e. The van der Waals surface area contributed by atoms with E-state index in [1.54, 1.807) is 19.1 Å². The summed E-state index contributed by atoms with van der Waals surface area (Å²) in [6.45, 7) is 4.07. The van der Waals surface area contributed by atoms with Crippen molar-refractivity contribution in [3.8, 4) is 11.4 Å². The van der Waals surface area contributed by atoms with Gasteiger partial charge in [0.05, 0.1) is 24.1 Å². The molecule has 35 heavy (non-hydrogen) atoms. The number of hydrogen-bond donors (Lipinski definition) is 1. The van der Waals surface area contributed by atoms with Crippen molar-refractivity contribution in [2.75, 3.05) is 6.61 Å². The molecule has 3 aromatic rings. The Morgan fingerprint density at radius 2 is 1.91 bits per heavy atom. The van der Waals surface area contributed by atoms with E-state index in [1.165, 1.54) is 0 Å². The molecule has 0 radical (unpaired) electrons. The molecule has 0 spiro atoms. The topological polar surface area (TPSA) is 89.4 Å². The highest BCUT2D eigenvalue weighted by atomic mass is 16.5. The summed E-state index contributed by atoms with van der Waals surface area (Å²) in [5, 5.41) is 9.97. The second-order valence-corrected chi connectivity index (χ2v) is 9.33. The number of esters is 1. The Morgan fingerprint density at radius 3 is 2.60 bits per heavy atom. The molecular formula is C29H28N2O4. The van der Waals surface area contributed by atoms with E-state index in [2.05, 4.69) is 17.1 Å². The number of benzene rings is 2. The van der Waals surface area contributed by atoms with E-state index in [-0.39, 0.29) is 23.6 Å². The second-order valence-electron chi connectivity index (χ2n) is 9.33. The minimum atomic E-state index is -0.542. The van der Waals surface area contributed by atoms with Gasteiger partial charge in [0, 0.05) is 28.7 Å². The third kappa shape index (κ3) is 3.73. The van der Waals surface area contributed by atoms with Crippen LogP contribution in [0.4, 0.5) is 0 Å². The third-order valence-electron chi connectivity index (χ3n) is 7.55. The molecule has 0 aliphatic heterocycles. The summed E-state index contributed by atoms with van der Waals surface area (Å²) in [5.41, 5.74) is 4.24. The summed E-state index contributed by atoms with van der Waals surface area (Å²) in [6.07, 6.45) is 4.91. The number of allylic oxidation sites excluding steroid dienone is 1. The Morgan fingerprint density at radius 1 is 1.17 bits per heavy atom. The molecule has 0 bridgehead atoms. The zero-order valence-electron chi connectivity index (χ0n) is 19.9. The number of carbonyl (C=O) groups is 2. The average molecular weight is 469 g/mol. The van der Waals surface area contributed by atoms with Gasteiger partial charge in [0.2, 0.25) is 0 Å². The number of aromatic nitrogens is 2. The van der Waals surface area contributed by atoms with Crippen molar-refractivity contribution >= 4 is 11.8 Å². The van der Waals surface area contributed by atoms with Gasteiger partial charge in [0.1, 0.15) is 0 Å². The largest absolute Gasteiger partial charge is 0.515 e. The van der Waals surface area contributed by atoms with Crippen LogP contribution in [0.25, 0.3) is 11.4 Å². The fourth-order valence-electron chi connectivity index (χ4n) is 5.87. The van der Waals surface area contributed by atoms with E-state index < -0.39 is 5.41 Å². The van der Waals surface area contributed by atoms with Crippen molar-refractivity contribution in [1.82, 2.24) is 9.97 Å². The Balaban J connectivity index is 1.66. The van der Waals surface area contributed by atoms with Gasteiger partial charge in [-0.2, -0.15) is 0 Å². The average Bonchev–Trinajstić information content (AvgIpc) is 2.91. The highest BCUT2D eigenvalue weighted by Gasteiger charge is 2.54. The molecule has 1 heterocycles. The van der Waals surface area contributed by atoms with Gasteiger partial charge in [0.15, 0.2) is 11.6 Å². The van der Waals surface area contributed by atoms with E-state index in [0.717, 1.165) is 41.5 Å². The van der Waals surface area contributed by atoms with Crippen molar-refractivity contribution in [2.24, 2.45) is 11.8 Å². The Kier molecular flexibility index (Phi) is 5.97. The number of nitrogens with zero attached hydrogens (tertiary/aromatic N) is 2. The molecule has 2 aliphatic carbocycles. The molecule has 1 N–H and O–H groups in total. The highest BCUT2D eigenvalue weighted by Crippen LogP contribution is 2.55. The first kappa shape index (κ1) is 23.0. The van der Waals surface area contributed by atoms with Gasteiger partial charge >= 0.3 is 5.97 Å². The molecule has 0 amide bonds. The third-order valence-corrected chi connectivity index (χ3v) is 7.55. The van der Waals surface area contributed by atoms with Gasteiger partial charge in [-0.1, -0.05) is 49.4 Å². The molecule has 6 nitrogen and oxygen atoms in total. The lowest BCUT2D eigenvalue weighted by molar-refractivity contribution is -0.123. The van der Waals surface area contributed by atoms with Gasteiger partial charge < -0.3 is 9.84 Å². The number of carbonyl (C=O) groups excluding carboxylic acids is 2. The number of aryl methyl sites for hydroxylation is 1. The normalized spacial score (nSPS) is 24.5. The molecular weight excluding hydrogens is 440 g/mol. The lowest BCUT2D eigenvalue weighted by Gasteiger charge is -2.50. The molecule has 0 saturated heterocycles. The van der Waals surface area contributed by atoms with Gasteiger partial charge in [-0.25, -0.2) is 14.8 Å². The first-order valence-corrected chi connectivity index (χ1v) is 12.1. The summed E-state index contributed by atoms with van der Waals surface area (Å²) in [7, 11) is 0. The smallest absolute Gasteiger partial charge is 0.338 e. The molecule has 2 aromatic carbocycles. The van der Waals surface area contributed by atoms with Gasteiger partial charge in [-0.3, -0.25) is 4.79 Å². The second kappa shape index (κ2) is 9.10. The summed E-state index contributed by atoms with van der Waals surface area (Å²) in [5.74, 6) is 0.0336. The number of rotatable bonds is 4. The zero-order chi connectivity index (χ0) is 24.6. The highest BCUT2D eigenvalue weighted by molar-refractivity contribution is 5.98. The molecule has 5 rings (SSSR count). The summed E-state index contributed by atoms with van der Waals surface area (Å²) in [6, 6.07) is 17.3. The van der Waals surface area contributed by atoms with Crippen LogP contribution in [-0.2, 0) is 21.4 Å². The molecule has 0 unspecified atom stereocenters. The predicted molar refractivity (Wildman–Crippen MR) is 132 cm³/mol. The number of Topliss-reactive ketones (excluding diaryl/α,β-unsaturated/α-hetero) is 1. The van der Waals surface area contributed by atoms with Crippen LogP contribution >= 0.6 is 0 Å². The van der Waals surface area contributed by atoms with Crippen LogP contribution in [0.15, 0.2) is 72.6 Å². The van der Waals surface area contributed by atoms with Crippen LogP contribution in [0.3, 0.4) is 0 Å². The number of hydrogen-bond acceptors (Lipinski definition) is 6. The monoisotopic (exact) mass is 468 g/mol. The molecule has 1 aromatic heterocycles. The van der Waals surface area contributed by atoms with Crippen LogP contribution < -0.4 is 0 Å². The molecule has 2 aliphatic rings. The van der Waals surface area contributed by atoms with E-state index in [4.69, 9.17) is 9.72 Å². The van der Waals surface area contributed by atoms with Crippen LogP contribution in [-0.4, -0.2) is 33.4 Å². The molecule has 6 heteroatoms. The van der Waals surface area contributed by atoms with Crippen LogP contribution in [0.1, 0.15) is 53.9 Å². The predicted octanol–water partition coefficient (Wildman–Crippen LogP) is 5.22. The number of ketones is 1. The maximum Gasteiger partial charge on any atom is 0.338 e. The van der Waals surface area contributed by atoms with Crippen LogP contribution in [0, 0.1) is 11.8 Å². The Bertz CT molecular complexity index is 1300. The fraction of sp³-hybridized carbons (Fsp3) is 0.310. The fourth-order valence-corrected chi connectivity index (χ4v) is 5.87. The van der Waals surface area contributed by atoms with Gasteiger partial charge in [-0.15, -0.1) is 0 Å². The lowest BCUT2D eigenvalue weighted by atomic mass is 9.52. The maximum absolute atomic E-state index is 13.0.